The number of aromatic nitrogens is 1. The van der Waals surface area contributed by atoms with Crippen molar-refractivity contribution in [3.05, 3.63) is 24.5 Å². The second-order valence-corrected chi connectivity index (χ2v) is 10.4. The highest BCUT2D eigenvalue weighted by molar-refractivity contribution is 7.89. The Bertz CT molecular complexity index is 713. The Balaban J connectivity index is 1.57. The van der Waals surface area contributed by atoms with E-state index in [1.807, 2.05) is 12.1 Å². The first-order valence-electron chi connectivity index (χ1n) is 11.0. The molecule has 0 amide bonds. The van der Waals surface area contributed by atoms with Crippen LogP contribution in [0.2, 0.25) is 0 Å². The van der Waals surface area contributed by atoms with E-state index in [0.29, 0.717) is 11.7 Å². The van der Waals surface area contributed by atoms with Gasteiger partial charge in [0.1, 0.15) is 6.67 Å². The van der Waals surface area contributed by atoms with Gasteiger partial charge in [-0.05, 0) is 50.0 Å². The molecule has 170 valence electrons. The van der Waals surface area contributed by atoms with Gasteiger partial charge in [0.2, 0.25) is 10.0 Å². The standard InChI is InChI=1S/C21H35FN4O2S2/c22-13-18-26(30(27,28)20-9-5-4-6-10-20)17-8-3-1-2-7-14-24-21(29)25-19-11-15-23-16-12-19/h11-12,15-16,20H,1-10,13-14,17-18H2,(H2,23,24,25,29). The van der Waals surface area contributed by atoms with Gasteiger partial charge in [-0.2, -0.15) is 4.31 Å². The molecule has 0 spiro atoms. The van der Waals surface area contributed by atoms with E-state index < -0.39 is 16.7 Å². The number of thiocarbonyl (C=S) groups is 1. The highest BCUT2D eigenvalue weighted by atomic mass is 32.2. The topological polar surface area (TPSA) is 74.3 Å². The van der Waals surface area contributed by atoms with Crippen LogP contribution in [-0.4, -0.2) is 54.4 Å². The Kier molecular flexibility index (Phi) is 11.5. The molecule has 1 heterocycles. The van der Waals surface area contributed by atoms with E-state index in [0.717, 1.165) is 76.4 Å². The molecule has 0 radical (unpaired) electrons. The van der Waals surface area contributed by atoms with Gasteiger partial charge in [0.05, 0.1) is 5.25 Å². The molecule has 2 rings (SSSR count). The van der Waals surface area contributed by atoms with Crippen molar-refractivity contribution in [1.82, 2.24) is 14.6 Å². The van der Waals surface area contributed by atoms with E-state index in [-0.39, 0.29) is 11.8 Å². The van der Waals surface area contributed by atoms with Crippen LogP contribution in [0, 0.1) is 0 Å². The normalized spacial score (nSPS) is 15.3. The zero-order chi connectivity index (χ0) is 21.7. The molecule has 0 bridgehead atoms. The summed E-state index contributed by atoms with van der Waals surface area (Å²) in [6.45, 7) is 0.595. The van der Waals surface area contributed by atoms with E-state index in [1.165, 1.54) is 4.31 Å². The molecule has 2 N–H and O–H groups in total. The minimum Gasteiger partial charge on any atom is -0.362 e. The third-order valence-electron chi connectivity index (χ3n) is 5.48. The van der Waals surface area contributed by atoms with Crippen molar-refractivity contribution in [2.75, 3.05) is 31.6 Å². The van der Waals surface area contributed by atoms with Crippen LogP contribution in [0.5, 0.6) is 0 Å². The number of rotatable bonds is 13. The second-order valence-electron chi connectivity index (χ2n) is 7.78. The molecule has 1 fully saturated rings. The lowest BCUT2D eigenvalue weighted by Gasteiger charge is -2.29. The molecule has 1 aromatic rings. The first kappa shape index (κ1) is 24.9. The summed E-state index contributed by atoms with van der Waals surface area (Å²) < 4.78 is 39.9. The number of hydrogen-bond acceptors (Lipinski definition) is 4. The SMILES string of the molecule is O=S(=O)(C1CCCCC1)N(CCF)CCCCCCCNC(=S)Nc1ccncc1. The zero-order valence-electron chi connectivity index (χ0n) is 17.7. The minimum absolute atomic E-state index is 0.00925. The second kappa shape index (κ2) is 13.9. The van der Waals surface area contributed by atoms with E-state index in [2.05, 4.69) is 15.6 Å². The molecule has 1 aromatic heterocycles. The molecule has 30 heavy (non-hydrogen) atoms. The first-order chi connectivity index (χ1) is 14.5. The first-order valence-corrected chi connectivity index (χ1v) is 12.9. The van der Waals surface area contributed by atoms with Gasteiger partial charge in [-0.1, -0.05) is 38.5 Å². The fourth-order valence-electron chi connectivity index (χ4n) is 3.79. The number of unbranched alkanes of at least 4 members (excludes halogenated alkanes) is 4. The Labute approximate surface area is 186 Å². The Morgan fingerprint density at radius 3 is 2.43 bits per heavy atom. The van der Waals surface area contributed by atoms with Gasteiger partial charge in [-0.25, -0.2) is 12.8 Å². The predicted molar refractivity (Wildman–Crippen MR) is 125 cm³/mol. The molecule has 1 aliphatic carbocycles. The van der Waals surface area contributed by atoms with Crippen molar-refractivity contribution in [3.8, 4) is 0 Å². The predicted octanol–water partition coefficient (Wildman–Crippen LogP) is 4.25. The number of nitrogens with zero attached hydrogens (tertiary/aromatic N) is 2. The fraction of sp³-hybridized carbons (Fsp3) is 0.714. The van der Waals surface area contributed by atoms with Crippen molar-refractivity contribution in [2.45, 2.75) is 69.5 Å². The monoisotopic (exact) mass is 458 g/mol. The van der Waals surface area contributed by atoms with Crippen LogP contribution < -0.4 is 10.6 Å². The third-order valence-corrected chi connectivity index (χ3v) is 8.12. The van der Waals surface area contributed by atoms with Gasteiger partial charge in [-0.3, -0.25) is 4.98 Å². The van der Waals surface area contributed by atoms with Crippen LogP contribution >= 0.6 is 12.2 Å². The van der Waals surface area contributed by atoms with Crippen LogP contribution in [0.1, 0.15) is 64.2 Å². The number of anilines is 1. The number of hydrogen-bond donors (Lipinski definition) is 2. The average Bonchev–Trinajstić information content (AvgIpc) is 2.76. The number of pyridine rings is 1. The highest BCUT2D eigenvalue weighted by Crippen LogP contribution is 2.26. The quantitative estimate of drug-likeness (QED) is 0.340. The Hall–Kier alpha value is -1.32. The van der Waals surface area contributed by atoms with Gasteiger partial charge in [-0.15, -0.1) is 0 Å². The largest absolute Gasteiger partial charge is 0.362 e. The smallest absolute Gasteiger partial charge is 0.217 e. The number of sulfonamides is 1. The van der Waals surface area contributed by atoms with Gasteiger partial charge < -0.3 is 10.6 Å². The van der Waals surface area contributed by atoms with Crippen LogP contribution in [-0.2, 0) is 10.0 Å². The van der Waals surface area contributed by atoms with Gasteiger partial charge in [0, 0.05) is 37.7 Å². The Morgan fingerprint density at radius 2 is 1.73 bits per heavy atom. The molecule has 0 atom stereocenters. The van der Waals surface area contributed by atoms with E-state index in [9.17, 15) is 12.8 Å². The van der Waals surface area contributed by atoms with Crippen molar-refractivity contribution < 1.29 is 12.8 Å². The van der Waals surface area contributed by atoms with Gasteiger partial charge in [0.15, 0.2) is 5.11 Å². The molecule has 0 saturated heterocycles. The average molecular weight is 459 g/mol. The summed E-state index contributed by atoms with van der Waals surface area (Å²) >= 11 is 5.26. The summed E-state index contributed by atoms with van der Waals surface area (Å²) in [5, 5.41) is 6.57. The maximum atomic E-state index is 12.9. The Morgan fingerprint density at radius 1 is 1.07 bits per heavy atom. The van der Waals surface area contributed by atoms with E-state index in [1.54, 1.807) is 12.4 Å². The van der Waals surface area contributed by atoms with Crippen LogP contribution in [0.3, 0.4) is 0 Å². The van der Waals surface area contributed by atoms with Crippen molar-refractivity contribution in [3.63, 3.8) is 0 Å². The summed E-state index contributed by atoms with van der Waals surface area (Å²) in [4.78, 5) is 3.96. The van der Waals surface area contributed by atoms with Crippen LogP contribution in [0.4, 0.5) is 10.1 Å². The summed E-state index contributed by atoms with van der Waals surface area (Å²) in [5.74, 6) is 0. The summed E-state index contributed by atoms with van der Waals surface area (Å²) in [6, 6.07) is 3.71. The minimum atomic E-state index is -3.36. The van der Waals surface area contributed by atoms with Gasteiger partial charge >= 0.3 is 0 Å². The number of nitrogens with one attached hydrogen (secondary N) is 2. The molecule has 1 aliphatic rings. The maximum absolute atomic E-state index is 12.9. The molecule has 6 nitrogen and oxygen atoms in total. The van der Waals surface area contributed by atoms with Crippen molar-refractivity contribution in [1.29, 1.82) is 0 Å². The molecule has 0 aromatic carbocycles. The lowest BCUT2D eigenvalue weighted by atomic mass is 10.0. The maximum Gasteiger partial charge on any atom is 0.217 e. The lowest BCUT2D eigenvalue weighted by molar-refractivity contribution is 0.338. The zero-order valence-corrected chi connectivity index (χ0v) is 19.3. The van der Waals surface area contributed by atoms with Crippen molar-refractivity contribution in [2.24, 2.45) is 0 Å². The molecule has 0 aliphatic heterocycles. The summed E-state index contributed by atoms with van der Waals surface area (Å²) in [5.41, 5.74) is 0.906. The fourth-order valence-corrected chi connectivity index (χ4v) is 6.07. The summed E-state index contributed by atoms with van der Waals surface area (Å²) in [7, 11) is -3.36. The third kappa shape index (κ3) is 8.81. The number of alkyl halides is 1. The van der Waals surface area contributed by atoms with Crippen LogP contribution in [0.15, 0.2) is 24.5 Å². The molecule has 0 unspecified atom stereocenters. The molecular formula is C21H35FN4O2S2. The molecular weight excluding hydrogens is 423 g/mol. The van der Waals surface area contributed by atoms with E-state index >= 15 is 0 Å². The van der Waals surface area contributed by atoms with Gasteiger partial charge in [0.25, 0.3) is 0 Å². The van der Waals surface area contributed by atoms with E-state index in [4.69, 9.17) is 12.2 Å². The number of halogens is 1. The lowest BCUT2D eigenvalue weighted by Crippen LogP contribution is -2.41. The van der Waals surface area contributed by atoms with Crippen molar-refractivity contribution >= 4 is 33.0 Å². The summed E-state index contributed by atoms with van der Waals surface area (Å²) in [6.07, 6.45) is 12.7. The molecule has 9 heteroatoms. The molecule has 1 saturated carbocycles. The van der Waals surface area contributed by atoms with Crippen LogP contribution in [0.25, 0.3) is 0 Å². The highest BCUT2D eigenvalue weighted by Gasteiger charge is 2.32.